The maximum atomic E-state index is 6.15. The van der Waals surface area contributed by atoms with Crippen molar-refractivity contribution in [3.63, 3.8) is 0 Å². The van der Waals surface area contributed by atoms with E-state index in [9.17, 15) is 0 Å². The molecule has 0 bridgehead atoms. The van der Waals surface area contributed by atoms with E-state index >= 15 is 0 Å². The third kappa shape index (κ3) is 9.43. The predicted octanol–water partition coefficient (Wildman–Crippen LogP) is -3.75. The maximum absolute atomic E-state index is 6.15. The maximum Gasteiger partial charge on any atom is 3.00 e. The molecular formula is C19H14Cl4N3V. The van der Waals surface area contributed by atoms with E-state index in [1.54, 1.807) is 24.6 Å². The predicted molar refractivity (Wildman–Crippen MR) is 96.6 cm³/mol. The number of pyridine rings is 1. The first-order chi connectivity index (χ1) is 11.3. The number of hydrogen-bond donors (Lipinski definition) is 0. The van der Waals surface area contributed by atoms with Crippen LogP contribution in [0.1, 0.15) is 11.4 Å². The first kappa shape index (κ1) is 27.9. The summed E-state index contributed by atoms with van der Waals surface area (Å²) in [5.41, 5.74) is 3.12. The number of aromatic nitrogens is 1. The molecule has 0 N–H and O–H groups in total. The van der Waals surface area contributed by atoms with Gasteiger partial charge in [0.05, 0.1) is 35.2 Å². The van der Waals surface area contributed by atoms with Crippen molar-refractivity contribution in [2.75, 3.05) is 0 Å². The van der Waals surface area contributed by atoms with Crippen LogP contribution in [0.4, 0.5) is 11.4 Å². The molecule has 0 amide bonds. The van der Waals surface area contributed by atoms with Gasteiger partial charge in [-0.2, -0.15) is 0 Å². The summed E-state index contributed by atoms with van der Waals surface area (Å²) >= 11 is 6.15. The molecule has 3 nitrogen and oxygen atoms in total. The van der Waals surface area contributed by atoms with Crippen molar-refractivity contribution in [1.82, 2.24) is 4.98 Å². The molecular weight excluding hydrogens is 463 g/mol. The summed E-state index contributed by atoms with van der Waals surface area (Å²) in [6.07, 6.45) is 3.39. The first-order valence-electron chi connectivity index (χ1n) is 7.15. The molecule has 1 heterocycles. The van der Waals surface area contributed by atoms with E-state index in [0.717, 1.165) is 11.4 Å². The molecule has 0 spiro atoms. The Morgan fingerprint density at radius 2 is 1.04 bits per heavy atom. The number of halogens is 4. The molecule has 0 saturated heterocycles. The van der Waals surface area contributed by atoms with Crippen LogP contribution in [-0.2, 0) is 18.6 Å². The Hall–Kier alpha value is -1.33. The van der Waals surface area contributed by atoms with Crippen molar-refractivity contribution in [2.45, 2.75) is 0 Å². The summed E-state index contributed by atoms with van der Waals surface area (Å²) in [6, 6.07) is 22.9. The number of aliphatic imine (C=N–C) groups is 2. The molecule has 0 aliphatic heterocycles. The number of benzene rings is 2. The van der Waals surface area contributed by atoms with Crippen LogP contribution in [0.2, 0.25) is 5.02 Å². The molecule has 3 rings (SSSR count). The first-order valence-corrected chi connectivity index (χ1v) is 7.53. The minimum absolute atomic E-state index is 0. The average Bonchev–Trinajstić information content (AvgIpc) is 2.60. The Balaban J connectivity index is 0. The zero-order valence-electron chi connectivity index (χ0n) is 13.9. The fraction of sp³-hybridized carbons (Fsp3) is 0. The van der Waals surface area contributed by atoms with Gasteiger partial charge in [-0.1, -0.05) is 48.0 Å². The van der Waals surface area contributed by atoms with Gasteiger partial charge in [-0.05, 0) is 36.4 Å². The van der Waals surface area contributed by atoms with Gasteiger partial charge in [0.15, 0.2) is 0 Å². The van der Waals surface area contributed by atoms with Crippen LogP contribution < -0.4 is 37.2 Å². The second-order valence-electron chi connectivity index (χ2n) is 4.82. The van der Waals surface area contributed by atoms with E-state index < -0.39 is 0 Å². The number of rotatable bonds is 4. The summed E-state index contributed by atoms with van der Waals surface area (Å²) < 4.78 is 0. The van der Waals surface area contributed by atoms with Crippen LogP contribution in [-0.4, -0.2) is 17.4 Å². The van der Waals surface area contributed by atoms with E-state index in [0.29, 0.717) is 16.4 Å². The number of nitrogens with zero attached hydrogens (tertiary/aromatic N) is 3. The van der Waals surface area contributed by atoms with Crippen LogP contribution in [0.25, 0.3) is 0 Å². The van der Waals surface area contributed by atoms with Crippen molar-refractivity contribution < 1.29 is 55.8 Å². The molecule has 3 aromatic rings. The molecule has 0 radical (unpaired) electrons. The molecule has 0 unspecified atom stereocenters. The third-order valence-electron chi connectivity index (χ3n) is 3.03. The van der Waals surface area contributed by atoms with E-state index in [-0.39, 0.29) is 55.8 Å². The van der Waals surface area contributed by atoms with Gasteiger partial charge in [0.2, 0.25) is 0 Å². The smallest absolute Gasteiger partial charge is 1.00 e. The monoisotopic (exact) mass is 475 g/mol. The van der Waals surface area contributed by atoms with Gasteiger partial charge in [-0.15, -0.1) is 0 Å². The third-order valence-corrected chi connectivity index (χ3v) is 3.25. The summed E-state index contributed by atoms with van der Waals surface area (Å²) in [7, 11) is 0. The Bertz CT molecular complexity index is 776. The van der Waals surface area contributed by atoms with Crippen LogP contribution in [0.5, 0.6) is 0 Å². The zero-order chi connectivity index (χ0) is 15.9. The Labute approximate surface area is 194 Å². The van der Waals surface area contributed by atoms with E-state index in [1.807, 2.05) is 60.7 Å². The summed E-state index contributed by atoms with van der Waals surface area (Å²) in [5.74, 6) is 0. The van der Waals surface area contributed by atoms with Crippen molar-refractivity contribution in [3.8, 4) is 0 Å². The standard InChI is InChI=1S/C19H14ClN3.3ClH.V/c20-15-11-18(13-21-16-7-3-1-4-8-16)23-19(12-15)14-22-17-9-5-2-6-10-17;;;;/h1-14H;3*1H;/q;;;;+3/p-3. The molecule has 0 atom stereocenters. The van der Waals surface area contributed by atoms with Crippen molar-refractivity contribution in [3.05, 3.63) is 89.2 Å². The van der Waals surface area contributed by atoms with Gasteiger partial charge >= 0.3 is 18.6 Å². The fourth-order valence-electron chi connectivity index (χ4n) is 1.98. The molecule has 0 aliphatic carbocycles. The topological polar surface area (TPSA) is 37.6 Å². The number of hydrogen-bond acceptors (Lipinski definition) is 3. The Morgan fingerprint density at radius 3 is 1.41 bits per heavy atom. The minimum Gasteiger partial charge on any atom is -1.00 e. The van der Waals surface area contributed by atoms with Crippen LogP contribution in [0.15, 0.2) is 82.8 Å². The van der Waals surface area contributed by atoms with Crippen molar-refractivity contribution >= 4 is 35.4 Å². The van der Waals surface area contributed by atoms with Crippen molar-refractivity contribution in [2.24, 2.45) is 9.98 Å². The fourth-order valence-corrected chi connectivity index (χ4v) is 2.20. The molecule has 0 aliphatic rings. The molecule has 1 aromatic heterocycles. The zero-order valence-corrected chi connectivity index (χ0v) is 18.3. The van der Waals surface area contributed by atoms with E-state index in [2.05, 4.69) is 15.0 Å². The van der Waals surface area contributed by atoms with Crippen LogP contribution in [0, 0.1) is 0 Å². The molecule has 0 fully saturated rings. The van der Waals surface area contributed by atoms with Gasteiger partial charge < -0.3 is 37.2 Å². The second kappa shape index (κ2) is 14.7. The van der Waals surface area contributed by atoms with Gasteiger partial charge in [0.25, 0.3) is 0 Å². The summed E-state index contributed by atoms with van der Waals surface area (Å²) in [5, 5.41) is 0.601. The Morgan fingerprint density at radius 1 is 0.667 bits per heavy atom. The summed E-state index contributed by atoms with van der Waals surface area (Å²) in [6.45, 7) is 0. The van der Waals surface area contributed by atoms with Crippen molar-refractivity contribution in [1.29, 1.82) is 0 Å². The van der Waals surface area contributed by atoms with E-state index in [1.165, 1.54) is 0 Å². The van der Waals surface area contributed by atoms with Crippen LogP contribution >= 0.6 is 11.6 Å². The molecule has 138 valence electrons. The molecule has 0 saturated carbocycles. The largest absolute Gasteiger partial charge is 3.00 e. The molecule has 8 heteroatoms. The second-order valence-corrected chi connectivity index (χ2v) is 5.26. The minimum atomic E-state index is 0. The molecule has 27 heavy (non-hydrogen) atoms. The quantitative estimate of drug-likeness (QED) is 0.356. The average molecular weight is 477 g/mol. The number of para-hydroxylation sites is 2. The van der Waals surface area contributed by atoms with Gasteiger partial charge in [0, 0.05) is 5.02 Å². The van der Waals surface area contributed by atoms with Crippen LogP contribution in [0.3, 0.4) is 0 Å². The van der Waals surface area contributed by atoms with E-state index in [4.69, 9.17) is 11.6 Å². The SMILES string of the molecule is Clc1cc(C=Nc2ccccc2)nc(C=Nc2ccccc2)c1.[Cl-].[Cl-].[Cl-].[V+3]. The molecule has 2 aromatic carbocycles. The van der Waals surface area contributed by atoms with Gasteiger partial charge in [0.1, 0.15) is 0 Å². The van der Waals surface area contributed by atoms with Gasteiger partial charge in [-0.25, -0.2) is 4.98 Å². The normalized spacial score (nSPS) is 9.67. The Kier molecular flexibility index (Phi) is 15.2. The van der Waals surface area contributed by atoms with Gasteiger partial charge in [-0.3, -0.25) is 9.98 Å². The summed E-state index contributed by atoms with van der Waals surface area (Å²) in [4.78, 5) is 13.3.